The van der Waals surface area contributed by atoms with Gasteiger partial charge >= 0.3 is 0 Å². The maximum atomic E-state index is 12.7. The third-order valence-corrected chi connectivity index (χ3v) is 6.57. The van der Waals surface area contributed by atoms with Crippen LogP contribution in [0.3, 0.4) is 0 Å². The summed E-state index contributed by atoms with van der Waals surface area (Å²) in [6.45, 7) is 1.81. The molecule has 3 aromatic carbocycles. The second-order valence-electron chi connectivity index (χ2n) is 7.47. The van der Waals surface area contributed by atoms with Crippen molar-refractivity contribution in [2.75, 3.05) is 24.3 Å². The van der Waals surface area contributed by atoms with Gasteiger partial charge < -0.3 is 9.47 Å². The van der Waals surface area contributed by atoms with Crippen molar-refractivity contribution in [3.05, 3.63) is 77.9 Å². The lowest BCUT2D eigenvalue weighted by molar-refractivity contribution is 0.102. The van der Waals surface area contributed by atoms with E-state index < -0.39 is 15.9 Å². The monoisotopic (exact) mass is 493 g/mol. The number of nitrogens with zero attached hydrogens (tertiary/aromatic N) is 2. The maximum Gasteiger partial charge on any atom is 0.261 e. The van der Waals surface area contributed by atoms with Crippen molar-refractivity contribution < 1.29 is 22.7 Å². The first kappa shape index (κ1) is 23.8. The number of amides is 1. The molecule has 1 heterocycles. The molecule has 0 fully saturated rings. The Morgan fingerprint density at radius 3 is 2.40 bits per heavy atom. The highest BCUT2D eigenvalue weighted by atomic mass is 32.2. The van der Waals surface area contributed by atoms with E-state index in [0.29, 0.717) is 28.6 Å². The summed E-state index contributed by atoms with van der Waals surface area (Å²) >= 11 is 0. The minimum absolute atomic E-state index is 0.0316. The van der Waals surface area contributed by atoms with Gasteiger partial charge in [-0.2, -0.15) is 4.98 Å². The standard InChI is InChI=1S/C24H23N5O5S/c1-15-6-4-5-7-20(15)29-35(31,32)18-11-8-16(9-12-18)23(30)26-24-25-22(27-28-24)19-13-10-17(33-2)14-21(19)34-3/h4-14,29H,1-3H3,(H2,25,26,27,28,30). The van der Waals surface area contributed by atoms with Gasteiger partial charge in [0, 0.05) is 11.6 Å². The molecule has 0 saturated heterocycles. The number of rotatable bonds is 8. The molecule has 0 saturated carbocycles. The first-order valence-corrected chi connectivity index (χ1v) is 11.9. The molecule has 1 amide bonds. The number of sulfonamides is 1. The highest BCUT2D eigenvalue weighted by molar-refractivity contribution is 7.92. The number of aromatic amines is 1. The van der Waals surface area contributed by atoms with Gasteiger partial charge in [-0.3, -0.25) is 19.9 Å². The van der Waals surface area contributed by atoms with E-state index in [1.54, 1.807) is 37.4 Å². The number of aryl methyl sites for hydroxylation is 1. The summed E-state index contributed by atoms with van der Waals surface area (Å²) in [6, 6.07) is 17.8. The zero-order valence-electron chi connectivity index (χ0n) is 19.2. The number of H-pyrrole nitrogens is 1. The van der Waals surface area contributed by atoms with Crippen molar-refractivity contribution >= 4 is 27.6 Å². The molecule has 0 bridgehead atoms. The van der Waals surface area contributed by atoms with Gasteiger partial charge in [-0.05, 0) is 55.0 Å². The second kappa shape index (κ2) is 9.85. The fourth-order valence-corrected chi connectivity index (χ4v) is 4.41. The van der Waals surface area contributed by atoms with Crippen LogP contribution in [0.1, 0.15) is 15.9 Å². The van der Waals surface area contributed by atoms with Gasteiger partial charge in [0.15, 0.2) is 5.82 Å². The molecule has 11 heteroatoms. The van der Waals surface area contributed by atoms with E-state index in [0.717, 1.165) is 5.56 Å². The Bertz CT molecular complexity index is 1470. The average Bonchev–Trinajstić information content (AvgIpc) is 3.33. The van der Waals surface area contributed by atoms with Crippen molar-refractivity contribution in [2.45, 2.75) is 11.8 Å². The van der Waals surface area contributed by atoms with Crippen LogP contribution in [0.2, 0.25) is 0 Å². The summed E-state index contributed by atoms with van der Waals surface area (Å²) in [6.07, 6.45) is 0. The zero-order valence-corrected chi connectivity index (χ0v) is 20.0. The van der Waals surface area contributed by atoms with Gasteiger partial charge in [-0.1, -0.05) is 18.2 Å². The van der Waals surface area contributed by atoms with E-state index in [9.17, 15) is 13.2 Å². The molecule has 35 heavy (non-hydrogen) atoms. The van der Waals surface area contributed by atoms with Crippen LogP contribution in [0.4, 0.5) is 11.6 Å². The molecular weight excluding hydrogens is 470 g/mol. The quantitative estimate of drug-likeness (QED) is 0.339. The Kier molecular flexibility index (Phi) is 6.69. The predicted molar refractivity (Wildman–Crippen MR) is 131 cm³/mol. The lowest BCUT2D eigenvalue weighted by Gasteiger charge is -2.10. The number of nitrogens with one attached hydrogen (secondary N) is 3. The van der Waals surface area contributed by atoms with E-state index in [4.69, 9.17) is 9.47 Å². The Morgan fingerprint density at radius 1 is 0.971 bits per heavy atom. The molecule has 0 aliphatic carbocycles. The summed E-state index contributed by atoms with van der Waals surface area (Å²) < 4.78 is 38.5. The normalized spacial score (nSPS) is 11.1. The number of anilines is 2. The second-order valence-corrected chi connectivity index (χ2v) is 9.16. The number of hydrogen-bond donors (Lipinski definition) is 3. The molecular formula is C24H23N5O5S. The van der Waals surface area contributed by atoms with Crippen LogP contribution >= 0.6 is 0 Å². The fourth-order valence-electron chi connectivity index (χ4n) is 3.28. The van der Waals surface area contributed by atoms with Gasteiger partial charge in [0.25, 0.3) is 15.9 Å². The number of carbonyl (C=O) groups is 1. The van der Waals surface area contributed by atoms with Crippen molar-refractivity contribution in [3.63, 3.8) is 0 Å². The van der Waals surface area contributed by atoms with Gasteiger partial charge in [0.05, 0.1) is 30.4 Å². The Labute approximate surface area is 202 Å². The Balaban J connectivity index is 1.47. The molecule has 0 spiro atoms. The van der Waals surface area contributed by atoms with E-state index in [2.05, 4.69) is 25.2 Å². The molecule has 3 N–H and O–H groups in total. The minimum Gasteiger partial charge on any atom is -0.497 e. The predicted octanol–water partition coefficient (Wildman–Crippen LogP) is 3.85. The first-order valence-electron chi connectivity index (χ1n) is 10.5. The largest absolute Gasteiger partial charge is 0.497 e. The Hall–Kier alpha value is -4.38. The molecule has 0 aliphatic rings. The van der Waals surface area contributed by atoms with Crippen LogP contribution in [0.15, 0.2) is 71.6 Å². The number of ether oxygens (including phenoxy) is 2. The Morgan fingerprint density at radius 2 is 1.71 bits per heavy atom. The maximum absolute atomic E-state index is 12.7. The van der Waals surface area contributed by atoms with Crippen LogP contribution in [0, 0.1) is 6.92 Å². The molecule has 1 aromatic heterocycles. The topological polar surface area (TPSA) is 135 Å². The van der Waals surface area contributed by atoms with Crippen LogP contribution < -0.4 is 19.5 Å². The van der Waals surface area contributed by atoms with Gasteiger partial charge in [0.2, 0.25) is 5.95 Å². The molecule has 0 unspecified atom stereocenters. The van der Waals surface area contributed by atoms with Gasteiger partial charge in [0.1, 0.15) is 11.5 Å². The molecule has 4 aromatic rings. The van der Waals surface area contributed by atoms with E-state index >= 15 is 0 Å². The minimum atomic E-state index is -3.81. The van der Waals surface area contributed by atoms with Crippen LogP contribution in [-0.4, -0.2) is 43.7 Å². The molecule has 0 atom stereocenters. The lowest BCUT2D eigenvalue weighted by atomic mass is 10.2. The zero-order chi connectivity index (χ0) is 25.0. The van der Waals surface area contributed by atoms with Gasteiger partial charge in [-0.15, -0.1) is 5.10 Å². The number of methoxy groups -OCH3 is 2. The SMILES string of the molecule is COc1ccc(-c2nc(NC(=O)c3ccc(S(=O)(=O)Nc4ccccc4C)cc3)n[nH]2)c(OC)c1. The lowest BCUT2D eigenvalue weighted by Crippen LogP contribution is -2.15. The number of para-hydroxylation sites is 1. The van der Waals surface area contributed by atoms with E-state index in [1.165, 1.54) is 31.4 Å². The van der Waals surface area contributed by atoms with Crippen molar-refractivity contribution in [1.29, 1.82) is 0 Å². The van der Waals surface area contributed by atoms with E-state index in [-0.39, 0.29) is 16.4 Å². The number of hydrogen-bond acceptors (Lipinski definition) is 7. The van der Waals surface area contributed by atoms with Gasteiger partial charge in [-0.25, -0.2) is 8.42 Å². The first-order chi connectivity index (χ1) is 16.8. The summed E-state index contributed by atoms with van der Waals surface area (Å²) in [4.78, 5) is 17.0. The van der Waals surface area contributed by atoms with Crippen LogP contribution in [-0.2, 0) is 10.0 Å². The van der Waals surface area contributed by atoms with Crippen molar-refractivity contribution in [1.82, 2.24) is 15.2 Å². The fraction of sp³-hybridized carbons (Fsp3) is 0.125. The van der Waals surface area contributed by atoms with Crippen LogP contribution in [0.25, 0.3) is 11.4 Å². The summed E-state index contributed by atoms with van der Waals surface area (Å²) in [5.41, 5.74) is 2.17. The van der Waals surface area contributed by atoms with Crippen LogP contribution in [0.5, 0.6) is 11.5 Å². The average molecular weight is 494 g/mol. The highest BCUT2D eigenvalue weighted by Crippen LogP contribution is 2.31. The molecule has 0 aliphatic heterocycles. The smallest absolute Gasteiger partial charge is 0.261 e. The molecule has 0 radical (unpaired) electrons. The van der Waals surface area contributed by atoms with Crippen molar-refractivity contribution in [2.24, 2.45) is 0 Å². The summed E-state index contributed by atoms with van der Waals surface area (Å²) in [5.74, 6) is 1.10. The number of aromatic nitrogens is 3. The summed E-state index contributed by atoms with van der Waals surface area (Å²) in [7, 11) is -0.728. The third kappa shape index (κ3) is 5.25. The number of benzene rings is 3. The highest BCUT2D eigenvalue weighted by Gasteiger charge is 2.18. The third-order valence-electron chi connectivity index (χ3n) is 5.19. The molecule has 10 nitrogen and oxygen atoms in total. The molecule has 4 rings (SSSR count). The molecule has 180 valence electrons. The van der Waals surface area contributed by atoms with E-state index in [1.807, 2.05) is 19.1 Å². The summed E-state index contributed by atoms with van der Waals surface area (Å²) in [5, 5.41) is 9.38. The van der Waals surface area contributed by atoms with Crippen molar-refractivity contribution in [3.8, 4) is 22.9 Å². The number of carbonyl (C=O) groups excluding carboxylic acids is 1.